The standard InChI is InChI=1S/C75H122O6/c1-4-7-10-13-16-18-20-22-24-26-28-30-32-34-35-36-37-38-39-41-42-44-46-48-50-52-54-56-59-62-65-68-74(77)80-71-72(70-79-73(76)67-64-61-58-15-12-9-6-3)81-75(78)69-66-63-60-57-55-53-51-49-47-45-43-40-33-31-29-27-25-23-21-19-17-14-11-8-5-2/h7,10,16,18,21-24,27-30,33-35,37-38,40-42,46,48,52,54,72H,4-6,8-9,11-15,17,19-20,25-26,31-32,36,39,43-45,47,49-51,53,55-71H2,1-3H3/b10-7-,18-16-,23-21-,24-22-,29-27-,30-28-,35-34-,38-37-,40-33-,42-41-,48-46-,54-52-. The van der Waals surface area contributed by atoms with Crippen LogP contribution < -0.4 is 0 Å². The molecular formula is C75H122O6. The summed E-state index contributed by atoms with van der Waals surface area (Å²) in [6.07, 6.45) is 97.4. The second-order valence-corrected chi connectivity index (χ2v) is 21.6. The summed E-state index contributed by atoms with van der Waals surface area (Å²) in [5.41, 5.74) is 0. The number of rotatable bonds is 59. The van der Waals surface area contributed by atoms with Crippen molar-refractivity contribution < 1.29 is 28.6 Å². The Labute approximate surface area is 499 Å². The highest BCUT2D eigenvalue weighted by Gasteiger charge is 2.19. The molecule has 0 aromatic rings. The van der Waals surface area contributed by atoms with Crippen LogP contribution in [0.15, 0.2) is 146 Å². The maximum Gasteiger partial charge on any atom is 0.306 e. The van der Waals surface area contributed by atoms with Gasteiger partial charge in [0.1, 0.15) is 13.2 Å². The highest BCUT2D eigenvalue weighted by molar-refractivity contribution is 5.71. The Morgan fingerprint density at radius 1 is 0.259 bits per heavy atom. The summed E-state index contributed by atoms with van der Waals surface area (Å²) in [5, 5.41) is 0. The maximum atomic E-state index is 12.9. The lowest BCUT2D eigenvalue weighted by Gasteiger charge is -2.18. The van der Waals surface area contributed by atoms with Crippen molar-refractivity contribution >= 4 is 17.9 Å². The molecule has 0 aromatic carbocycles. The Morgan fingerprint density at radius 2 is 0.481 bits per heavy atom. The van der Waals surface area contributed by atoms with Crippen molar-refractivity contribution in [3.63, 3.8) is 0 Å². The van der Waals surface area contributed by atoms with Gasteiger partial charge in [-0.05, 0) is 128 Å². The molecule has 1 unspecified atom stereocenters. The molecule has 0 fully saturated rings. The molecule has 0 amide bonds. The molecule has 1 atom stereocenters. The van der Waals surface area contributed by atoms with Crippen LogP contribution in [-0.4, -0.2) is 37.2 Å². The van der Waals surface area contributed by atoms with Gasteiger partial charge in [-0.1, -0.05) is 289 Å². The predicted octanol–water partition coefficient (Wildman–Crippen LogP) is 23.1. The third kappa shape index (κ3) is 66.0. The molecule has 0 heterocycles. The molecule has 6 heteroatoms. The van der Waals surface area contributed by atoms with Gasteiger partial charge in [0.05, 0.1) is 0 Å². The van der Waals surface area contributed by atoms with E-state index in [-0.39, 0.29) is 31.1 Å². The van der Waals surface area contributed by atoms with E-state index in [1.165, 1.54) is 116 Å². The van der Waals surface area contributed by atoms with Crippen LogP contribution in [0.2, 0.25) is 0 Å². The van der Waals surface area contributed by atoms with E-state index in [0.717, 1.165) is 135 Å². The van der Waals surface area contributed by atoms with Gasteiger partial charge in [-0.25, -0.2) is 0 Å². The van der Waals surface area contributed by atoms with E-state index >= 15 is 0 Å². The van der Waals surface area contributed by atoms with Gasteiger partial charge in [0, 0.05) is 19.3 Å². The Morgan fingerprint density at radius 3 is 0.765 bits per heavy atom. The molecule has 0 rings (SSSR count). The van der Waals surface area contributed by atoms with Gasteiger partial charge in [-0.3, -0.25) is 14.4 Å². The first-order valence-electron chi connectivity index (χ1n) is 33.3. The second kappa shape index (κ2) is 67.8. The number of esters is 3. The van der Waals surface area contributed by atoms with Crippen LogP contribution in [0.3, 0.4) is 0 Å². The molecular weight excluding hydrogens is 997 g/mol. The maximum absolute atomic E-state index is 12.9. The highest BCUT2D eigenvalue weighted by Crippen LogP contribution is 2.15. The summed E-state index contributed by atoms with van der Waals surface area (Å²) < 4.78 is 16.8. The van der Waals surface area contributed by atoms with Crippen molar-refractivity contribution in [2.24, 2.45) is 0 Å². The van der Waals surface area contributed by atoms with E-state index in [4.69, 9.17) is 14.2 Å². The molecule has 458 valence electrons. The minimum absolute atomic E-state index is 0.0937. The molecule has 0 aliphatic heterocycles. The van der Waals surface area contributed by atoms with E-state index in [0.29, 0.717) is 19.3 Å². The first-order chi connectivity index (χ1) is 40.0. The summed E-state index contributed by atoms with van der Waals surface area (Å²) in [6.45, 7) is 6.44. The van der Waals surface area contributed by atoms with Gasteiger partial charge in [-0.2, -0.15) is 0 Å². The molecule has 0 spiro atoms. The molecule has 0 N–H and O–H groups in total. The van der Waals surface area contributed by atoms with Gasteiger partial charge >= 0.3 is 17.9 Å². The number of carbonyl (C=O) groups is 3. The molecule has 81 heavy (non-hydrogen) atoms. The second-order valence-electron chi connectivity index (χ2n) is 21.6. The van der Waals surface area contributed by atoms with Gasteiger partial charge < -0.3 is 14.2 Å². The summed E-state index contributed by atoms with van der Waals surface area (Å²) in [4.78, 5) is 38.1. The van der Waals surface area contributed by atoms with Crippen LogP contribution in [0, 0.1) is 0 Å². The van der Waals surface area contributed by atoms with Crippen molar-refractivity contribution in [2.75, 3.05) is 13.2 Å². The summed E-state index contributed by atoms with van der Waals surface area (Å²) in [6, 6.07) is 0. The SMILES string of the molecule is CC/C=C\C/C=C\C/C=C\C/C=C\C/C=C\C/C=C\C/C=C\C/C=C\C/C=C\CCCCCC(=O)OCC(COC(=O)CCCCCCCCC)OC(=O)CCCCCCCCCCCC/C=C\C/C=C\C/C=C\CCCCCCC. The quantitative estimate of drug-likeness (QED) is 0.0261. The van der Waals surface area contributed by atoms with Crippen molar-refractivity contribution in [1.29, 1.82) is 0 Å². The molecule has 0 radical (unpaired) electrons. The normalized spacial score (nSPS) is 13.1. The molecule has 0 saturated heterocycles. The Hall–Kier alpha value is -4.71. The zero-order chi connectivity index (χ0) is 58.5. The zero-order valence-corrected chi connectivity index (χ0v) is 52.5. The zero-order valence-electron chi connectivity index (χ0n) is 52.5. The first kappa shape index (κ1) is 76.3. The van der Waals surface area contributed by atoms with Crippen LogP contribution in [0.4, 0.5) is 0 Å². The molecule has 0 aliphatic carbocycles. The highest BCUT2D eigenvalue weighted by atomic mass is 16.6. The number of carbonyl (C=O) groups excluding carboxylic acids is 3. The Bertz CT molecular complexity index is 1760. The van der Waals surface area contributed by atoms with Crippen LogP contribution in [0.25, 0.3) is 0 Å². The molecule has 6 nitrogen and oxygen atoms in total. The van der Waals surface area contributed by atoms with Crippen molar-refractivity contribution in [2.45, 2.75) is 297 Å². The van der Waals surface area contributed by atoms with E-state index in [1.807, 2.05) is 0 Å². The average molecular weight is 1120 g/mol. The fourth-order valence-corrected chi connectivity index (χ4v) is 8.85. The van der Waals surface area contributed by atoms with Crippen LogP contribution in [0.5, 0.6) is 0 Å². The van der Waals surface area contributed by atoms with Crippen molar-refractivity contribution in [3.8, 4) is 0 Å². The molecule has 0 aliphatic rings. The fraction of sp³-hybridized carbons (Fsp3) is 0.640. The summed E-state index contributed by atoms with van der Waals surface area (Å²) >= 11 is 0. The number of hydrogen-bond acceptors (Lipinski definition) is 6. The molecule has 0 saturated carbocycles. The lowest BCUT2D eigenvalue weighted by Crippen LogP contribution is -2.30. The first-order valence-corrected chi connectivity index (χ1v) is 33.3. The van der Waals surface area contributed by atoms with Crippen LogP contribution >= 0.6 is 0 Å². The van der Waals surface area contributed by atoms with Gasteiger partial charge in [-0.15, -0.1) is 0 Å². The van der Waals surface area contributed by atoms with E-state index in [1.54, 1.807) is 0 Å². The fourth-order valence-electron chi connectivity index (χ4n) is 8.85. The lowest BCUT2D eigenvalue weighted by molar-refractivity contribution is -0.167. The minimum atomic E-state index is -0.798. The smallest absolute Gasteiger partial charge is 0.306 e. The van der Waals surface area contributed by atoms with Crippen molar-refractivity contribution in [1.82, 2.24) is 0 Å². The summed E-state index contributed by atoms with van der Waals surface area (Å²) in [5.74, 6) is -0.939. The largest absolute Gasteiger partial charge is 0.462 e. The average Bonchev–Trinajstić information content (AvgIpc) is 3.46. The van der Waals surface area contributed by atoms with E-state index in [9.17, 15) is 14.4 Å². The van der Waals surface area contributed by atoms with Crippen LogP contribution in [0.1, 0.15) is 290 Å². The number of ether oxygens (including phenoxy) is 3. The van der Waals surface area contributed by atoms with E-state index in [2.05, 4.69) is 167 Å². The number of allylic oxidation sites excluding steroid dienone is 24. The summed E-state index contributed by atoms with van der Waals surface area (Å²) in [7, 11) is 0. The topological polar surface area (TPSA) is 78.9 Å². The van der Waals surface area contributed by atoms with Gasteiger partial charge in [0.15, 0.2) is 6.10 Å². The number of unbranched alkanes of at least 4 members (excludes halogenated alkanes) is 24. The predicted molar refractivity (Wildman–Crippen MR) is 352 cm³/mol. The third-order valence-electron chi connectivity index (χ3n) is 13.8. The molecule has 0 bridgehead atoms. The Balaban J connectivity index is 4.24. The molecule has 0 aromatic heterocycles. The van der Waals surface area contributed by atoms with Crippen molar-refractivity contribution in [3.05, 3.63) is 146 Å². The third-order valence-corrected chi connectivity index (χ3v) is 13.8. The monoisotopic (exact) mass is 1120 g/mol. The van der Waals surface area contributed by atoms with Crippen LogP contribution in [-0.2, 0) is 28.6 Å². The minimum Gasteiger partial charge on any atom is -0.462 e. The lowest BCUT2D eigenvalue weighted by atomic mass is 10.0. The van der Waals surface area contributed by atoms with Gasteiger partial charge in [0.25, 0.3) is 0 Å². The number of hydrogen-bond donors (Lipinski definition) is 0. The van der Waals surface area contributed by atoms with Gasteiger partial charge in [0.2, 0.25) is 0 Å². The van der Waals surface area contributed by atoms with E-state index < -0.39 is 6.10 Å². The Kier molecular flexibility index (Phi) is 63.9.